The topological polar surface area (TPSA) is 22.1 Å². The van der Waals surface area contributed by atoms with Gasteiger partial charge in [0.2, 0.25) is 0 Å². The molecular formula is C12H10NO. The van der Waals surface area contributed by atoms with Gasteiger partial charge in [-0.15, -0.1) is 0 Å². The number of hydrogen-bond donors (Lipinski definition) is 0. The third-order valence-corrected chi connectivity index (χ3v) is 1.81. The third-order valence-electron chi connectivity index (χ3n) is 1.81. The van der Waals surface area contributed by atoms with Gasteiger partial charge in [-0.1, -0.05) is 18.2 Å². The normalized spacial score (nSPS) is 9.71. The molecule has 1 aromatic carbocycles. The van der Waals surface area contributed by atoms with Crippen LogP contribution in [0.5, 0.6) is 5.75 Å². The predicted octanol–water partition coefficient (Wildman–Crippen LogP) is 2.46. The lowest BCUT2D eigenvalue weighted by molar-refractivity contribution is 0.305. The zero-order chi connectivity index (χ0) is 9.64. The van der Waals surface area contributed by atoms with Crippen molar-refractivity contribution in [1.29, 1.82) is 0 Å². The van der Waals surface area contributed by atoms with Crippen LogP contribution in [-0.4, -0.2) is 4.98 Å². The van der Waals surface area contributed by atoms with Gasteiger partial charge in [0.05, 0.1) is 0 Å². The van der Waals surface area contributed by atoms with Gasteiger partial charge in [0.1, 0.15) is 12.4 Å². The lowest BCUT2D eigenvalue weighted by Gasteiger charge is -2.04. The van der Waals surface area contributed by atoms with E-state index in [0.29, 0.717) is 6.61 Å². The molecule has 2 aromatic rings. The maximum atomic E-state index is 5.52. The molecule has 0 N–H and O–H groups in total. The highest BCUT2D eigenvalue weighted by atomic mass is 16.5. The van der Waals surface area contributed by atoms with E-state index in [0.717, 1.165) is 11.3 Å². The van der Waals surface area contributed by atoms with Gasteiger partial charge in [-0.2, -0.15) is 0 Å². The molecule has 0 spiro atoms. The van der Waals surface area contributed by atoms with Gasteiger partial charge in [0, 0.05) is 18.0 Å². The highest BCUT2D eigenvalue weighted by molar-refractivity contribution is 5.20. The molecule has 69 valence electrons. The van der Waals surface area contributed by atoms with Crippen LogP contribution in [0.25, 0.3) is 0 Å². The SMILES string of the molecule is [c]1cccc(OCc2cccnc2)c1. The van der Waals surface area contributed by atoms with Crippen molar-refractivity contribution in [3.8, 4) is 5.75 Å². The van der Waals surface area contributed by atoms with E-state index in [1.54, 1.807) is 12.4 Å². The minimum absolute atomic E-state index is 0.547. The molecule has 0 saturated heterocycles. The summed E-state index contributed by atoms with van der Waals surface area (Å²) in [6.07, 6.45) is 3.55. The van der Waals surface area contributed by atoms with Crippen LogP contribution in [0.4, 0.5) is 0 Å². The zero-order valence-electron chi connectivity index (χ0n) is 7.68. The summed E-state index contributed by atoms with van der Waals surface area (Å²) < 4.78 is 5.52. The van der Waals surface area contributed by atoms with E-state index in [1.165, 1.54) is 0 Å². The Morgan fingerprint density at radius 1 is 1.29 bits per heavy atom. The van der Waals surface area contributed by atoms with Crippen molar-refractivity contribution < 1.29 is 4.74 Å². The summed E-state index contributed by atoms with van der Waals surface area (Å²) in [4.78, 5) is 4.01. The average Bonchev–Trinajstić information content (AvgIpc) is 2.29. The van der Waals surface area contributed by atoms with Gasteiger partial charge in [-0.3, -0.25) is 4.98 Å². The van der Waals surface area contributed by atoms with Gasteiger partial charge >= 0.3 is 0 Å². The van der Waals surface area contributed by atoms with E-state index >= 15 is 0 Å². The molecule has 0 aliphatic rings. The molecule has 2 heteroatoms. The van der Waals surface area contributed by atoms with E-state index in [2.05, 4.69) is 11.1 Å². The highest BCUT2D eigenvalue weighted by Crippen LogP contribution is 2.10. The molecule has 0 unspecified atom stereocenters. The minimum Gasteiger partial charge on any atom is -0.489 e. The van der Waals surface area contributed by atoms with E-state index < -0.39 is 0 Å². The minimum atomic E-state index is 0.547. The molecule has 0 fully saturated rings. The second-order valence-electron chi connectivity index (χ2n) is 2.89. The molecule has 0 bridgehead atoms. The molecule has 2 rings (SSSR count). The molecule has 14 heavy (non-hydrogen) atoms. The summed E-state index contributed by atoms with van der Waals surface area (Å²) in [6.45, 7) is 0.547. The fourth-order valence-electron chi connectivity index (χ4n) is 1.12. The molecule has 0 amide bonds. The first-order chi connectivity index (χ1) is 6.95. The third kappa shape index (κ3) is 2.33. The second-order valence-corrected chi connectivity index (χ2v) is 2.89. The fourth-order valence-corrected chi connectivity index (χ4v) is 1.12. The van der Waals surface area contributed by atoms with Crippen LogP contribution in [0.2, 0.25) is 0 Å². The lowest BCUT2D eigenvalue weighted by Crippen LogP contribution is -1.95. The van der Waals surface area contributed by atoms with Crippen molar-refractivity contribution in [2.24, 2.45) is 0 Å². The van der Waals surface area contributed by atoms with Crippen LogP contribution in [0, 0.1) is 6.07 Å². The number of rotatable bonds is 3. The smallest absolute Gasteiger partial charge is 0.120 e. The van der Waals surface area contributed by atoms with Crippen LogP contribution in [-0.2, 0) is 6.61 Å². The Bertz CT molecular complexity index is 333. The van der Waals surface area contributed by atoms with Crippen molar-refractivity contribution in [1.82, 2.24) is 4.98 Å². The van der Waals surface area contributed by atoms with Gasteiger partial charge in [-0.05, 0) is 24.3 Å². The maximum absolute atomic E-state index is 5.52. The first kappa shape index (κ1) is 8.75. The Hall–Kier alpha value is -1.83. The van der Waals surface area contributed by atoms with Crippen LogP contribution in [0.1, 0.15) is 5.56 Å². The Morgan fingerprint density at radius 2 is 2.29 bits per heavy atom. The van der Waals surface area contributed by atoms with Crippen molar-refractivity contribution in [3.63, 3.8) is 0 Å². The second kappa shape index (κ2) is 4.42. The molecule has 0 saturated carbocycles. The molecular weight excluding hydrogens is 174 g/mol. The summed E-state index contributed by atoms with van der Waals surface area (Å²) in [7, 11) is 0. The number of nitrogens with zero attached hydrogens (tertiary/aromatic N) is 1. The summed E-state index contributed by atoms with van der Waals surface area (Å²) in [5, 5.41) is 0. The fraction of sp³-hybridized carbons (Fsp3) is 0.0833. The lowest BCUT2D eigenvalue weighted by atomic mass is 10.3. The molecule has 2 nitrogen and oxygen atoms in total. The summed E-state index contributed by atoms with van der Waals surface area (Å²) in [6, 6.07) is 14.3. The van der Waals surface area contributed by atoms with Crippen LogP contribution in [0.3, 0.4) is 0 Å². The Labute approximate surface area is 83.2 Å². The predicted molar refractivity (Wildman–Crippen MR) is 53.8 cm³/mol. The number of aromatic nitrogens is 1. The van der Waals surface area contributed by atoms with E-state index in [9.17, 15) is 0 Å². The van der Waals surface area contributed by atoms with Crippen LogP contribution in [0.15, 0.2) is 48.8 Å². The maximum Gasteiger partial charge on any atom is 0.120 e. The number of benzene rings is 1. The number of hydrogen-bond acceptors (Lipinski definition) is 2. The average molecular weight is 184 g/mol. The van der Waals surface area contributed by atoms with Crippen LogP contribution < -0.4 is 4.74 Å². The first-order valence-electron chi connectivity index (χ1n) is 4.43. The Morgan fingerprint density at radius 3 is 3.00 bits per heavy atom. The van der Waals surface area contributed by atoms with E-state index in [1.807, 2.05) is 36.4 Å². The van der Waals surface area contributed by atoms with Gasteiger partial charge in [0.25, 0.3) is 0 Å². The molecule has 1 aromatic heterocycles. The van der Waals surface area contributed by atoms with Gasteiger partial charge in [-0.25, -0.2) is 0 Å². The van der Waals surface area contributed by atoms with E-state index in [-0.39, 0.29) is 0 Å². The molecule has 0 atom stereocenters. The van der Waals surface area contributed by atoms with Crippen molar-refractivity contribution >= 4 is 0 Å². The van der Waals surface area contributed by atoms with E-state index in [4.69, 9.17) is 4.74 Å². The van der Waals surface area contributed by atoms with Crippen LogP contribution >= 0.6 is 0 Å². The zero-order valence-corrected chi connectivity index (χ0v) is 7.68. The summed E-state index contributed by atoms with van der Waals surface area (Å²) in [5.74, 6) is 0.830. The largest absolute Gasteiger partial charge is 0.489 e. The Kier molecular flexibility index (Phi) is 2.76. The molecule has 0 aliphatic carbocycles. The van der Waals surface area contributed by atoms with Gasteiger partial charge in [0.15, 0.2) is 0 Å². The number of ether oxygens (including phenoxy) is 1. The summed E-state index contributed by atoms with van der Waals surface area (Å²) >= 11 is 0. The van der Waals surface area contributed by atoms with Gasteiger partial charge < -0.3 is 4.74 Å². The monoisotopic (exact) mass is 184 g/mol. The highest BCUT2D eigenvalue weighted by Gasteiger charge is 1.93. The van der Waals surface area contributed by atoms with Crippen molar-refractivity contribution in [2.45, 2.75) is 6.61 Å². The molecule has 1 heterocycles. The standard InChI is InChI=1S/C12H10NO/c1-2-6-12(7-3-1)14-10-11-5-4-8-13-9-11/h1-2,4-9H,10H2. The van der Waals surface area contributed by atoms with Crippen molar-refractivity contribution in [3.05, 3.63) is 60.4 Å². The molecule has 0 aliphatic heterocycles. The summed E-state index contributed by atoms with van der Waals surface area (Å²) in [5.41, 5.74) is 1.07. The quantitative estimate of drug-likeness (QED) is 0.731. The Balaban J connectivity index is 1.96. The molecule has 1 radical (unpaired) electrons. The number of pyridine rings is 1. The van der Waals surface area contributed by atoms with Crippen molar-refractivity contribution in [2.75, 3.05) is 0 Å². The first-order valence-corrected chi connectivity index (χ1v) is 4.43.